The van der Waals surface area contributed by atoms with Crippen LogP contribution in [0.15, 0.2) is 18.2 Å². The first-order chi connectivity index (χ1) is 10.2. The first-order valence-corrected chi connectivity index (χ1v) is 8.45. The second kappa shape index (κ2) is 7.95. The van der Waals surface area contributed by atoms with Crippen LogP contribution in [0.5, 0.6) is 0 Å². The van der Waals surface area contributed by atoms with Crippen LogP contribution in [0.4, 0.5) is 0 Å². The summed E-state index contributed by atoms with van der Waals surface area (Å²) in [6.07, 6.45) is 8.14. The van der Waals surface area contributed by atoms with Crippen LogP contribution >= 0.6 is 0 Å². The van der Waals surface area contributed by atoms with Gasteiger partial charge in [0.2, 0.25) is 0 Å². The van der Waals surface area contributed by atoms with Crippen molar-refractivity contribution in [2.45, 2.75) is 57.8 Å². The standard InChI is InChI=1S/C19H31NO/c1-16-8-9-18(14-17(16)2)19(15-20-12-13-21-3)10-6-4-5-7-11-19/h8-9,14,20H,4-7,10-13,15H2,1-3H3. The van der Waals surface area contributed by atoms with Crippen molar-refractivity contribution in [2.75, 3.05) is 26.8 Å². The Balaban J connectivity index is 2.18. The number of ether oxygens (including phenoxy) is 1. The smallest absolute Gasteiger partial charge is 0.0587 e. The van der Waals surface area contributed by atoms with Gasteiger partial charge in [-0.25, -0.2) is 0 Å². The minimum atomic E-state index is 0.322. The molecule has 0 unspecified atom stereocenters. The molecule has 0 saturated heterocycles. The normalized spacial score (nSPS) is 18.4. The summed E-state index contributed by atoms with van der Waals surface area (Å²) in [7, 11) is 1.77. The number of hydrogen-bond donors (Lipinski definition) is 1. The molecule has 2 nitrogen and oxygen atoms in total. The molecular formula is C19H31NO. The first kappa shape index (κ1) is 16.5. The van der Waals surface area contributed by atoms with Crippen molar-refractivity contribution < 1.29 is 4.74 Å². The molecule has 0 aliphatic heterocycles. The van der Waals surface area contributed by atoms with Crippen LogP contribution in [0.1, 0.15) is 55.2 Å². The van der Waals surface area contributed by atoms with Crippen molar-refractivity contribution >= 4 is 0 Å². The summed E-state index contributed by atoms with van der Waals surface area (Å²) in [4.78, 5) is 0. The fraction of sp³-hybridized carbons (Fsp3) is 0.684. The van der Waals surface area contributed by atoms with Gasteiger partial charge in [0, 0.05) is 25.6 Å². The molecule has 0 amide bonds. The third-order valence-electron chi connectivity index (χ3n) is 5.13. The van der Waals surface area contributed by atoms with E-state index in [2.05, 4.69) is 37.4 Å². The minimum absolute atomic E-state index is 0.322. The zero-order valence-electron chi connectivity index (χ0n) is 14.0. The lowest BCUT2D eigenvalue weighted by atomic mass is 9.73. The molecule has 1 fully saturated rings. The maximum absolute atomic E-state index is 5.17. The van der Waals surface area contributed by atoms with Gasteiger partial charge in [-0.05, 0) is 43.4 Å². The third kappa shape index (κ3) is 4.31. The molecule has 0 aromatic heterocycles. The fourth-order valence-electron chi connectivity index (χ4n) is 3.55. The number of rotatable bonds is 6. The van der Waals surface area contributed by atoms with Crippen LogP contribution in [0.2, 0.25) is 0 Å². The Kier molecular flexibility index (Phi) is 6.25. The molecule has 0 atom stereocenters. The summed E-state index contributed by atoms with van der Waals surface area (Å²) in [5.74, 6) is 0. The maximum Gasteiger partial charge on any atom is 0.0587 e. The van der Waals surface area contributed by atoms with Gasteiger partial charge in [-0.2, -0.15) is 0 Å². The number of hydrogen-bond acceptors (Lipinski definition) is 2. The predicted molar refractivity (Wildman–Crippen MR) is 90.0 cm³/mol. The molecule has 21 heavy (non-hydrogen) atoms. The van der Waals surface area contributed by atoms with Crippen molar-refractivity contribution in [3.8, 4) is 0 Å². The highest BCUT2D eigenvalue weighted by atomic mass is 16.5. The lowest BCUT2D eigenvalue weighted by molar-refractivity contribution is 0.195. The van der Waals surface area contributed by atoms with Gasteiger partial charge in [0.25, 0.3) is 0 Å². The predicted octanol–water partition coefficient (Wildman–Crippen LogP) is 4.13. The van der Waals surface area contributed by atoms with Gasteiger partial charge in [-0.1, -0.05) is 43.9 Å². The lowest BCUT2D eigenvalue weighted by Crippen LogP contribution is -2.39. The molecular weight excluding hydrogens is 258 g/mol. The van der Waals surface area contributed by atoms with Gasteiger partial charge in [-0.3, -0.25) is 0 Å². The van der Waals surface area contributed by atoms with Crippen molar-refractivity contribution in [3.05, 3.63) is 34.9 Å². The van der Waals surface area contributed by atoms with Crippen LogP contribution in [-0.4, -0.2) is 26.8 Å². The summed E-state index contributed by atoms with van der Waals surface area (Å²) in [5, 5.41) is 3.63. The van der Waals surface area contributed by atoms with E-state index in [1.54, 1.807) is 7.11 Å². The quantitative estimate of drug-likeness (QED) is 0.628. The lowest BCUT2D eigenvalue weighted by Gasteiger charge is -2.34. The highest BCUT2D eigenvalue weighted by Gasteiger charge is 2.32. The van der Waals surface area contributed by atoms with Crippen molar-refractivity contribution in [3.63, 3.8) is 0 Å². The Bertz CT molecular complexity index is 433. The Morgan fingerprint density at radius 3 is 2.38 bits per heavy atom. The second-order valence-corrected chi connectivity index (χ2v) is 6.66. The second-order valence-electron chi connectivity index (χ2n) is 6.66. The molecule has 1 aliphatic rings. The van der Waals surface area contributed by atoms with E-state index in [1.807, 2.05) is 0 Å². The van der Waals surface area contributed by atoms with Crippen LogP contribution in [0, 0.1) is 13.8 Å². The molecule has 1 N–H and O–H groups in total. The van der Waals surface area contributed by atoms with Gasteiger partial charge in [0.05, 0.1) is 6.61 Å². The molecule has 0 heterocycles. The van der Waals surface area contributed by atoms with E-state index in [4.69, 9.17) is 4.74 Å². The summed E-state index contributed by atoms with van der Waals surface area (Å²) < 4.78 is 5.17. The van der Waals surface area contributed by atoms with E-state index in [9.17, 15) is 0 Å². The van der Waals surface area contributed by atoms with E-state index in [0.29, 0.717) is 5.41 Å². The highest BCUT2D eigenvalue weighted by Crippen LogP contribution is 2.38. The Morgan fingerprint density at radius 2 is 1.76 bits per heavy atom. The molecule has 2 rings (SSSR count). The van der Waals surface area contributed by atoms with Crippen molar-refractivity contribution in [2.24, 2.45) is 0 Å². The largest absolute Gasteiger partial charge is 0.383 e. The van der Waals surface area contributed by atoms with Gasteiger partial charge in [0.15, 0.2) is 0 Å². The van der Waals surface area contributed by atoms with Gasteiger partial charge in [0.1, 0.15) is 0 Å². The monoisotopic (exact) mass is 289 g/mol. The van der Waals surface area contributed by atoms with E-state index >= 15 is 0 Å². The van der Waals surface area contributed by atoms with Crippen molar-refractivity contribution in [1.82, 2.24) is 5.32 Å². The molecule has 0 radical (unpaired) electrons. The average Bonchev–Trinajstić information content (AvgIpc) is 2.73. The third-order valence-corrected chi connectivity index (χ3v) is 5.13. The van der Waals surface area contributed by atoms with Crippen LogP contribution in [0.3, 0.4) is 0 Å². The van der Waals surface area contributed by atoms with Crippen LogP contribution in [0.25, 0.3) is 0 Å². The van der Waals surface area contributed by atoms with E-state index in [1.165, 1.54) is 55.2 Å². The summed E-state index contributed by atoms with van der Waals surface area (Å²) >= 11 is 0. The average molecular weight is 289 g/mol. The van der Waals surface area contributed by atoms with E-state index in [-0.39, 0.29) is 0 Å². The molecule has 2 heteroatoms. The number of aryl methyl sites for hydroxylation is 2. The number of nitrogens with one attached hydrogen (secondary N) is 1. The Labute approximate surface area is 130 Å². The SMILES string of the molecule is COCCNCC1(c2ccc(C)c(C)c2)CCCCCC1. The van der Waals surface area contributed by atoms with Crippen molar-refractivity contribution in [1.29, 1.82) is 0 Å². The van der Waals surface area contributed by atoms with Gasteiger partial charge >= 0.3 is 0 Å². The van der Waals surface area contributed by atoms with E-state index < -0.39 is 0 Å². The molecule has 1 aromatic rings. The zero-order valence-corrected chi connectivity index (χ0v) is 14.0. The van der Waals surface area contributed by atoms with Gasteiger partial charge in [-0.15, -0.1) is 0 Å². The molecule has 1 saturated carbocycles. The van der Waals surface area contributed by atoms with Crippen LogP contribution in [-0.2, 0) is 10.2 Å². The summed E-state index contributed by atoms with van der Waals surface area (Å²) in [5.41, 5.74) is 4.68. The number of methoxy groups -OCH3 is 1. The van der Waals surface area contributed by atoms with E-state index in [0.717, 1.165) is 19.7 Å². The topological polar surface area (TPSA) is 21.3 Å². The number of benzene rings is 1. The van der Waals surface area contributed by atoms with Gasteiger partial charge < -0.3 is 10.1 Å². The highest BCUT2D eigenvalue weighted by molar-refractivity contribution is 5.35. The summed E-state index contributed by atoms with van der Waals surface area (Å²) in [6, 6.07) is 7.09. The zero-order chi connectivity index (χ0) is 15.1. The summed E-state index contributed by atoms with van der Waals surface area (Å²) in [6.45, 7) is 7.27. The first-order valence-electron chi connectivity index (χ1n) is 8.45. The molecule has 0 spiro atoms. The molecule has 118 valence electrons. The Hall–Kier alpha value is -0.860. The fourth-order valence-corrected chi connectivity index (χ4v) is 3.55. The molecule has 1 aliphatic carbocycles. The Morgan fingerprint density at radius 1 is 1.05 bits per heavy atom. The maximum atomic E-state index is 5.17. The molecule has 0 bridgehead atoms. The minimum Gasteiger partial charge on any atom is -0.383 e. The van der Waals surface area contributed by atoms with Crippen LogP contribution < -0.4 is 5.32 Å². The molecule has 1 aromatic carbocycles.